The van der Waals surface area contributed by atoms with Crippen molar-refractivity contribution in [2.24, 2.45) is 5.73 Å². The van der Waals surface area contributed by atoms with Gasteiger partial charge in [0, 0.05) is 25.5 Å². The van der Waals surface area contributed by atoms with E-state index in [1.807, 2.05) is 23.8 Å². The molecule has 0 atom stereocenters. The summed E-state index contributed by atoms with van der Waals surface area (Å²) in [5.74, 6) is 0.675. The maximum Gasteiger partial charge on any atom is 0.123 e. The second-order valence-electron chi connectivity index (χ2n) is 3.77. The summed E-state index contributed by atoms with van der Waals surface area (Å²) >= 11 is 0. The molecule has 0 fully saturated rings. The quantitative estimate of drug-likeness (QED) is 0.856. The molecule has 2 rings (SSSR count). The monoisotopic (exact) mass is 219 g/mol. The normalized spacial score (nSPS) is 10.7. The molecule has 0 bridgehead atoms. The number of aromatic nitrogens is 2. The van der Waals surface area contributed by atoms with Gasteiger partial charge in [-0.3, -0.25) is 0 Å². The highest BCUT2D eigenvalue weighted by atomic mass is 19.1. The van der Waals surface area contributed by atoms with Crippen LogP contribution >= 0.6 is 0 Å². The lowest BCUT2D eigenvalue weighted by Crippen LogP contribution is -2.04. The molecule has 1 aromatic carbocycles. The van der Waals surface area contributed by atoms with Gasteiger partial charge in [0.05, 0.1) is 0 Å². The first-order valence-electron chi connectivity index (χ1n) is 5.15. The Morgan fingerprint density at radius 3 is 2.69 bits per heavy atom. The van der Waals surface area contributed by atoms with Crippen LogP contribution in [0.2, 0.25) is 0 Å². The number of hydrogen-bond donors (Lipinski definition) is 1. The van der Waals surface area contributed by atoms with Gasteiger partial charge in [0.1, 0.15) is 11.6 Å². The van der Waals surface area contributed by atoms with Gasteiger partial charge >= 0.3 is 0 Å². The van der Waals surface area contributed by atoms with Crippen LogP contribution in [-0.4, -0.2) is 9.55 Å². The Morgan fingerprint density at radius 1 is 1.31 bits per heavy atom. The molecular weight excluding hydrogens is 205 g/mol. The third-order valence-corrected chi connectivity index (χ3v) is 2.53. The van der Waals surface area contributed by atoms with E-state index in [0.29, 0.717) is 13.1 Å². The number of nitrogens with two attached hydrogens (primary N) is 1. The van der Waals surface area contributed by atoms with Crippen LogP contribution in [0.15, 0.2) is 30.6 Å². The van der Waals surface area contributed by atoms with Crippen LogP contribution in [0.4, 0.5) is 4.39 Å². The van der Waals surface area contributed by atoms with Crippen molar-refractivity contribution in [1.29, 1.82) is 0 Å². The Kier molecular flexibility index (Phi) is 3.01. The van der Waals surface area contributed by atoms with Crippen molar-refractivity contribution in [3.05, 3.63) is 53.4 Å². The standard InChI is InChI=1S/C12H14FN3/c1-9-15-2-3-16(9)8-11-4-10(7-14)5-12(13)6-11/h2-6H,7-8,14H2,1H3. The number of hydrogen-bond acceptors (Lipinski definition) is 2. The summed E-state index contributed by atoms with van der Waals surface area (Å²) in [4.78, 5) is 4.12. The molecule has 1 heterocycles. The summed E-state index contributed by atoms with van der Waals surface area (Å²) in [6.45, 7) is 2.90. The highest BCUT2D eigenvalue weighted by molar-refractivity contribution is 5.25. The van der Waals surface area contributed by atoms with Gasteiger partial charge in [-0.2, -0.15) is 0 Å². The summed E-state index contributed by atoms with van der Waals surface area (Å²) in [7, 11) is 0. The van der Waals surface area contributed by atoms with Gasteiger partial charge in [0.25, 0.3) is 0 Å². The number of imidazole rings is 1. The van der Waals surface area contributed by atoms with Crippen molar-refractivity contribution in [2.45, 2.75) is 20.0 Å². The minimum absolute atomic E-state index is 0.240. The fraction of sp³-hybridized carbons (Fsp3) is 0.250. The number of aryl methyl sites for hydroxylation is 1. The lowest BCUT2D eigenvalue weighted by Gasteiger charge is -2.07. The van der Waals surface area contributed by atoms with E-state index in [0.717, 1.165) is 17.0 Å². The average Bonchev–Trinajstić information content (AvgIpc) is 2.63. The predicted octanol–water partition coefficient (Wildman–Crippen LogP) is 1.84. The molecule has 0 saturated carbocycles. The maximum atomic E-state index is 13.3. The molecule has 0 aliphatic rings. The van der Waals surface area contributed by atoms with E-state index < -0.39 is 0 Å². The van der Waals surface area contributed by atoms with E-state index in [2.05, 4.69) is 4.98 Å². The first-order valence-corrected chi connectivity index (χ1v) is 5.15. The van der Waals surface area contributed by atoms with Crippen LogP contribution in [-0.2, 0) is 13.1 Å². The smallest absolute Gasteiger partial charge is 0.123 e. The van der Waals surface area contributed by atoms with Gasteiger partial charge in [-0.25, -0.2) is 9.37 Å². The molecule has 0 spiro atoms. The molecule has 0 amide bonds. The Bertz CT molecular complexity index is 491. The molecule has 0 radical (unpaired) electrons. The van der Waals surface area contributed by atoms with Crippen LogP contribution in [0.1, 0.15) is 17.0 Å². The fourth-order valence-corrected chi connectivity index (χ4v) is 1.69. The average molecular weight is 219 g/mol. The fourth-order valence-electron chi connectivity index (χ4n) is 1.69. The highest BCUT2D eigenvalue weighted by Crippen LogP contribution is 2.11. The Balaban J connectivity index is 2.28. The third-order valence-electron chi connectivity index (χ3n) is 2.53. The number of halogens is 1. The predicted molar refractivity (Wildman–Crippen MR) is 60.4 cm³/mol. The van der Waals surface area contributed by atoms with Gasteiger partial charge in [-0.15, -0.1) is 0 Å². The summed E-state index contributed by atoms with van der Waals surface area (Å²) in [5, 5.41) is 0. The van der Waals surface area contributed by atoms with Crippen molar-refractivity contribution in [2.75, 3.05) is 0 Å². The molecule has 0 unspecified atom stereocenters. The zero-order chi connectivity index (χ0) is 11.5. The third kappa shape index (κ3) is 2.28. The highest BCUT2D eigenvalue weighted by Gasteiger charge is 2.02. The van der Waals surface area contributed by atoms with Gasteiger partial charge in [0.15, 0.2) is 0 Å². The van der Waals surface area contributed by atoms with Gasteiger partial charge in [0.2, 0.25) is 0 Å². The van der Waals surface area contributed by atoms with Crippen LogP contribution in [0.3, 0.4) is 0 Å². The Morgan fingerprint density at radius 2 is 2.06 bits per heavy atom. The van der Waals surface area contributed by atoms with Crippen molar-refractivity contribution < 1.29 is 4.39 Å². The molecule has 0 aliphatic carbocycles. The second kappa shape index (κ2) is 4.45. The summed E-state index contributed by atoms with van der Waals surface area (Å²) in [5.41, 5.74) is 7.22. The molecule has 0 aliphatic heterocycles. The zero-order valence-corrected chi connectivity index (χ0v) is 9.15. The summed E-state index contributed by atoms with van der Waals surface area (Å²) in [6.07, 6.45) is 3.61. The Hall–Kier alpha value is -1.68. The van der Waals surface area contributed by atoms with E-state index in [4.69, 9.17) is 5.73 Å². The van der Waals surface area contributed by atoms with Crippen LogP contribution < -0.4 is 5.73 Å². The first kappa shape index (κ1) is 10.8. The molecule has 2 aromatic rings. The lowest BCUT2D eigenvalue weighted by atomic mass is 10.1. The first-order chi connectivity index (χ1) is 7.69. The van der Waals surface area contributed by atoms with E-state index in [1.54, 1.807) is 6.20 Å². The minimum atomic E-state index is -0.240. The van der Waals surface area contributed by atoms with E-state index in [-0.39, 0.29) is 5.82 Å². The molecule has 3 nitrogen and oxygen atoms in total. The van der Waals surface area contributed by atoms with Crippen LogP contribution in [0.5, 0.6) is 0 Å². The lowest BCUT2D eigenvalue weighted by molar-refractivity contribution is 0.620. The van der Waals surface area contributed by atoms with Crippen LogP contribution in [0.25, 0.3) is 0 Å². The number of benzene rings is 1. The van der Waals surface area contributed by atoms with E-state index in [9.17, 15) is 4.39 Å². The van der Waals surface area contributed by atoms with Crippen LogP contribution in [0, 0.1) is 12.7 Å². The largest absolute Gasteiger partial charge is 0.331 e. The molecule has 1 aromatic heterocycles. The number of nitrogens with zero attached hydrogens (tertiary/aromatic N) is 2. The topological polar surface area (TPSA) is 43.8 Å². The van der Waals surface area contributed by atoms with Gasteiger partial charge in [-0.05, 0) is 30.2 Å². The molecule has 2 N–H and O–H groups in total. The van der Waals surface area contributed by atoms with E-state index >= 15 is 0 Å². The Labute approximate surface area is 93.7 Å². The molecular formula is C12H14FN3. The molecule has 84 valence electrons. The van der Waals surface area contributed by atoms with Gasteiger partial charge < -0.3 is 10.3 Å². The summed E-state index contributed by atoms with van der Waals surface area (Å²) < 4.78 is 15.2. The molecule has 4 heteroatoms. The van der Waals surface area contributed by atoms with Gasteiger partial charge in [-0.1, -0.05) is 6.07 Å². The minimum Gasteiger partial charge on any atom is -0.331 e. The summed E-state index contributed by atoms with van der Waals surface area (Å²) in [6, 6.07) is 4.91. The molecule has 0 saturated heterocycles. The van der Waals surface area contributed by atoms with Crippen molar-refractivity contribution in [3.63, 3.8) is 0 Å². The van der Waals surface area contributed by atoms with Crippen molar-refractivity contribution in [3.8, 4) is 0 Å². The SMILES string of the molecule is Cc1nccn1Cc1cc(F)cc(CN)c1. The molecule has 16 heavy (non-hydrogen) atoms. The number of rotatable bonds is 3. The van der Waals surface area contributed by atoms with Crippen molar-refractivity contribution >= 4 is 0 Å². The van der Waals surface area contributed by atoms with Crippen molar-refractivity contribution in [1.82, 2.24) is 9.55 Å². The zero-order valence-electron chi connectivity index (χ0n) is 9.15. The van der Waals surface area contributed by atoms with E-state index in [1.165, 1.54) is 12.1 Å². The second-order valence-corrected chi connectivity index (χ2v) is 3.77. The maximum absolute atomic E-state index is 13.3.